The van der Waals surface area contributed by atoms with Crippen molar-refractivity contribution >= 4 is 23.9 Å². The van der Waals surface area contributed by atoms with E-state index in [1.54, 1.807) is 30.3 Å². The standard InChI is InChI=1S/C25H25N3O5/c1-3-32-23-14-19(15-26-28-25(31)27-21-7-5-4-6-17(21)2)10-13-22(23)33-16-18-8-11-20(12-9-18)24(29)30/h4-15H,3,16H2,1-2H3,(H,29,30)(H2,27,28,31). The molecule has 170 valence electrons. The van der Waals surface area contributed by atoms with E-state index in [-0.39, 0.29) is 12.2 Å². The van der Waals surface area contributed by atoms with Gasteiger partial charge in [0.1, 0.15) is 6.61 Å². The van der Waals surface area contributed by atoms with E-state index in [2.05, 4.69) is 15.8 Å². The second-order valence-electron chi connectivity index (χ2n) is 7.07. The van der Waals surface area contributed by atoms with Crippen LogP contribution in [0.1, 0.15) is 34.0 Å². The molecule has 0 unspecified atom stereocenters. The molecule has 33 heavy (non-hydrogen) atoms. The Hall–Kier alpha value is -4.33. The van der Waals surface area contributed by atoms with Gasteiger partial charge in [0, 0.05) is 5.69 Å². The number of ether oxygens (including phenoxy) is 2. The normalized spacial score (nSPS) is 10.6. The highest BCUT2D eigenvalue weighted by atomic mass is 16.5. The number of aryl methyl sites for hydroxylation is 1. The number of anilines is 1. The molecule has 2 amide bonds. The number of hydrogen-bond acceptors (Lipinski definition) is 5. The summed E-state index contributed by atoms with van der Waals surface area (Å²) in [5, 5.41) is 15.7. The topological polar surface area (TPSA) is 109 Å². The van der Waals surface area contributed by atoms with Crippen LogP contribution in [0.2, 0.25) is 0 Å². The van der Waals surface area contributed by atoms with Gasteiger partial charge >= 0.3 is 12.0 Å². The monoisotopic (exact) mass is 447 g/mol. The Bertz CT molecular complexity index is 1140. The number of nitrogens with zero attached hydrogens (tertiary/aromatic N) is 1. The molecule has 8 nitrogen and oxygen atoms in total. The van der Waals surface area contributed by atoms with Crippen LogP contribution in [0.25, 0.3) is 0 Å². The minimum atomic E-state index is -0.972. The lowest BCUT2D eigenvalue weighted by Crippen LogP contribution is -2.24. The lowest BCUT2D eigenvalue weighted by molar-refractivity contribution is 0.0696. The van der Waals surface area contributed by atoms with Gasteiger partial charge in [-0.2, -0.15) is 5.10 Å². The molecule has 3 aromatic carbocycles. The Balaban J connectivity index is 1.60. The average Bonchev–Trinajstić information content (AvgIpc) is 2.80. The lowest BCUT2D eigenvalue weighted by atomic mass is 10.1. The van der Waals surface area contributed by atoms with Gasteiger partial charge in [0.2, 0.25) is 0 Å². The zero-order valence-corrected chi connectivity index (χ0v) is 18.4. The number of amides is 2. The van der Waals surface area contributed by atoms with E-state index in [0.717, 1.165) is 11.1 Å². The molecule has 0 aliphatic heterocycles. The minimum Gasteiger partial charge on any atom is -0.490 e. The molecule has 0 bridgehead atoms. The van der Waals surface area contributed by atoms with Crippen LogP contribution >= 0.6 is 0 Å². The quantitative estimate of drug-likeness (QED) is 0.322. The Morgan fingerprint density at radius 2 is 1.76 bits per heavy atom. The molecule has 0 heterocycles. The van der Waals surface area contributed by atoms with E-state index in [1.807, 2.05) is 38.1 Å². The Kier molecular flexibility index (Phi) is 8.02. The van der Waals surface area contributed by atoms with Crippen molar-refractivity contribution in [1.82, 2.24) is 5.43 Å². The Morgan fingerprint density at radius 3 is 2.45 bits per heavy atom. The number of nitrogens with one attached hydrogen (secondary N) is 2. The van der Waals surface area contributed by atoms with Crippen molar-refractivity contribution in [3.63, 3.8) is 0 Å². The van der Waals surface area contributed by atoms with E-state index in [4.69, 9.17) is 14.6 Å². The maximum Gasteiger partial charge on any atom is 0.339 e. The molecule has 0 saturated carbocycles. The summed E-state index contributed by atoms with van der Waals surface area (Å²) in [7, 11) is 0. The molecule has 0 radical (unpaired) electrons. The molecule has 0 aliphatic rings. The molecule has 3 rings (SSSR count). The first-order valence-electron chi connectivity index (χ1n) is 10.3. The number of carbonyl (C=O) groups is 2. The van der Waals surface area contributed by atoms with E-state index < -0.39 is 12.0 Å². The first kappa shape index (κ1) is 23.3. The highest BCUT2D eigenvalue weighted by Gasteiger charge is 2.08. The molecule has 0 fully saturated rings. The summed E-state index contributed by atoms with van der Waals surface area (Å²) in [4.78, 5) is 23.0. The molecule has 0 spiro atoms. The number of benzene rings is 3. The molecule has 0 aromatic heterocycles. The molecule has 0 atom stereocenters. The number of carboxylic acid groups (broad SMARTS) is 1. The summed E-state index contributed by atoms with van der Waals surface area (Å²) in [5.74, 6) is 0.107. The maximum absolute atomic E-state index is 12.0. The maximum atomic E-state index is 12.0. The molecule has 3 N–H and O–H groups in total. The first-order chi connectivity index (χ1) is 16.0. The summed E-state index contributed by atoms with van der Waals surface area (Å²) in [5.41, 5.74) is 5.87. The third-order valence-corrected chi connectivity index (χ3v) is 4.64. The third-order valence-electron chi connectivity index (χ3n) is 4.64. The van der Waals surface area contributed by atoms with Crippen molar-refractivity contribution in [2.24, 2.45) is 5.10 Å². The van der Waals surface area contributed by atoms with Gasteiger partial charge in [0.15, 0.2) is 11.5 Å². The minimum absolute atomic E-state index is 0.221. The number of rotatable bonds is 9. The summed E-state index contributed by atoms with van der Waals surface area (Å²) >= 11 is 0. The van der Waals surface area contributed by atoms with Crippen LogP contribution in [0.3, 0.4) is 0 Å². The largest absolute Gasteiger partial charge is 0.490 e. The van der Waals surface area contributed by atoms with Crippen molar-refractivity contribution in [2.75, 3.05) is 11.9 Å². The van der Waals surface area contributed by atoms with Gasteiger partial charge in [-0.1, -0.05) is 30.3 Å². The van der Waals surface area contributed by atoms with Crippen LogP contribution < -0.4 is 20.2 Å². The summed E-state index contributed by atoms with van der Waals surface area (Å²) in [6.07, 6.45) is 1.51. The number of aromatic carboxylic acids is 1. The molecular weight excluding hydrogens is 422 g/mol. The molecule has 0 aliphatic carbocycles. The van der Waals surface area contributed by atoms with Gasteiger partial charge in [0.25, 0.3) is 0 Å². The van der Waals surface area contributed by atoms with Crippen molar-refractivity contribution in [1.29, 1.82) is 0 Å². The number of hydrazone groups is 1. The van der Waals surface area contributed by atoms with Crippen LogP contribution in [0.15, 0.2) is 71.8 Å². The third kappa shape index (κ3) is 6.83. The van der Waals surface area contributed by atoms with Crippen LogP contribution in [0.4, 0.5) is 10.5 Å². The zero-order chi connectivity index (χ0) is 23.6. The SMILES string of the molecule is CCOc1cc(C=NNC(=O)Nc2ccccc2C)ccc1OCc1ccc(C(=O)O)cc1. The zero-order valence-electron chi connectivity index (χ0n) is 18.4. The number of para-hydroxylation sites is 1. The second kappa shape index (κ2) is 11.3. The van der Waals surface area contributed by atoms with E-state index in [9.17, 15) is 9.59 Å². The smallest absolute Gasteiger partial charge is 0.339 e. The molecule has 8 heteroatoms. The summed E-state index contributed by atoms with van der Waals surface area (Å²) in [6.45, 7) is 4.48. The van der Waals surface area contributed by atoms with E-state index >= 15 is 0 Å². The van der Waals surface area contributed by atoms with Gasteiger partial charge in [-0.05, 0) is 66.9 Å². The van der Waals surface area contributed by atoms with Gasteiger partial charge in [0.05, 0.1) is 18.4 Å². The fourth-order valence-corrected chi connectivity index (χ4v) is 2.93. The lowest BCUT2D eigenvalue weighted by Gasteiger charge is -2.13. The Morgan fingerprint density at radius 1 is 1.00 bits per heavy atom. The van der Waals surface area contributed by atoms with Crippen molar-refractivity contribution in [2.45, 2.75) is 20.5 Å². The molecular formula is C25H25N3O5. The molecule has 3 aromatic rings. The predicted molar refractivity (Wildman–Crippen MR) is 126 cm³/mol. The first-order valence-corrected chi connectivity index (χ1v) is 10.3. The highest BCUT2D eigenvalue weighted by Crippen LogP contribution is 2.29. The van der Waals surface area contributed by atoms with Gasteiger partial charge in [-0.25, -0.2) is 15.0 Å². The fourth-order valence-electron chi connectivity index (χ4n) is 2.93. The van der Waals surface area contributed by atoms with Crippen LogP contribution in [0, 0.1) is 6.92 Å². The highest BCUT2D eigenvalue weighted by molar-refractivity contribution is 5.91. The van der Waals surface area contributed by atoms with E-state index in [0.29, 0.717) is 29.4 Å². The number of carboxylic acids is 1. The van der Waals surface area contributed by atoms with Gasteiger partial charge in [-0.3, -0.25) is 0 Å². The Labute approximate surface area is 191 Å². The van der Waals surface area contributed by atoms with Crippen molar-refractivity contribution in [3.05, 3.63) is 89.0 Å². The summed E-state index contributed by atoms with van der Waals surface area (Å²) < 4.78 is 11.5. The van der Waals surface area contributed by atoms with Crippen LogP contribution in [-0.2, 0) is 6.61 Å². The number of carbonyl (C=O) groups excluding carboxylic acids is 1. The number of urea groups is 1. The average molecular weight is 447 g/mol. The van der Waals surface area contributed by atoms with Crippen molar-refractivity contribution < 1.29 is 24.2 Å². The van der Waals surface area contributed by atoms with Crippen LogP contribution in [-0.4, -0.2) is 29.9 Å². The second-order valence-corrected chi connectivity index (χ2v) is 7.07. The van der Waals surface area contributed by atoms with Crippen LogP contribution in [0.5, 0.6) is 11.5 Å². The molecule has 0 saturated heterocycles. The van der Waals surface area contributed by atoms with E-state index in [1.165, 1.54) is 18.3 Å². The van der Waals surface area contributed by atoms with Gasteiger partial charge in [-0.15, -0.1) is 0 Å². The van der Waals surface area contributed by atoms with Gasteiger partial charge < -0.3 is 19.9 Å². The fraction of sp³-hybridized carbons (Fsp3) is 0.160. The number of hydrogen-bond donors (Lipinski definition) is 3. The predicted octanol–water partition coefficient (Wildman–Crippen LogP) is 4.83. The summed E-state index contributed by atoms with van der Waals surface area (Å²) in [6, 6.07) is 18.8. The van der Waals surface area contributed by atoms with Crippen molar-refractivity contribution in [3.8, 4) is 11.5 Å².